The largest absolute Gasteiger partial charge is 0.467 e. The molecule has 2 N–H and O–H groups in total. The summed E-state index contributed by atoms with van der Waals surface area (Å²) >= 11 is 5.88. The zero-order valence-electron chi connectivity index (χ0n) is 12.8. The van der Waals surface area contributed by atoms with Gasteiger partial charge in [0.25, 0.3) is 0 Å². The molecule has 0 saturated heterocycles. The number of rotatable bonds is 7. The van der Waals surface area contributed by atoms with Crippen molar-refractivity contribution in [1.82, 2.24) is 10.6 Å². The summed E-state index contributed by atoms with van der Waals surface area (Å²) in [6, 6.07) is 11.8. The van der Waals surface area contributed by atoms with Gasteiger partial charge in [0.2, 0.25) is 0 Å². The van der Waals surface area contributed by atoms with E-state index in [1.54, 1.807) is 6.26 Å². The van der Waals surface area contributed by atoms with Crippen molar-refractivity contribution in [2.45, 2.75) is 26.3 Å². The Morgan fingerprint density at radius 2 is 2.00 bits per heavy atom. The zero-order valence-corrected chi connectivity index (χ0v) is 13.6. The number of aryl methyl sites for hydroxylation is 1. The first-order valence-electron chi connectivity index (χ1n) is 7.57. The fourth-order valence-corrected chi connectivity index (χ4v) is 2.18. The molecule has 0 bridgehead atoms. The van der Waals surface area contributed by atoms with Crippen LogP contribution in [0.2, 0.25) is 5.02 Å². The first-order valence-corrected chi connectivity index (χ1v) is 7.94. The summed E-state index contributed by atoms with van der Waals surface area (Å²) < 4.78 is 5.28. The fraction of sp³-hybridized carbons (Fsp3) is 0.353. The molecule has 5 heteroatoms. The molecule has 1 aromatic heterocycles. The third-order valence-corrected chi connectivity index (χ3v) is 3.42. The maximum absolute atomic E-state index is 5.88. The van der Waals surface area contributed by atoms with Crippen molar-refractivity contribution in [3.63, 3.8) is 0 Å². The fourth-order valence-electron chi connectivity index (χ4n) is 2.05. The van der Waals surface area contributed by atoms with Crippen molar-refractivity contribution in [2.75, 3.05) is 13.1 Å². The molecule has 22 heavy (non-hydrogen) atoms. The molecule has 0 amide bonds. The van der Waals surface area contributed by atoms with Crippen LogP contribution in [0, 0.1) is 0 Å². The Hall–Kier alpha value is -1.94. The lowest BCUT2D eigenvalue weighted by atomic mass is 10.1. The monoisotopic (exact) mass is 319 g/mol. The van der Waals surface area contributed by atoms with E-state index in [-0.39, 0.29) is 0 Å². The average molecular weight is 320 g/mol. The first kappa shape index (κ1) is 16.4. The van der Waals surface area contributed by atoms with E-state index >= 15 is 0 Å². The smallest absolute Gasteiger partial charge is 0.191 e. The van der Waals surface area contributed by atoms with Gasteiger partial charge in [-0.1, -0.05) is 23.7 Å². The molecule has 0 aliphatic carbocycles. The number of guanidine groups is 1. The highest BCUT2D eigenvalue weighted by Crippen LogP contribution is 2.10. The van der Waals surface area contributed by atoms with Gasteiger partial charge in [-0.25, -0.2) is 4.99 Å². The summed E-state index contributed by atoms with van der Waals surface area (Å²) in [5.41, 5.74) is 1.30. The Balaban J connectivity index is 1.74. The first-order chi connectivity index (χ1) is 10.8. The van der Waals surface area contributed by atoms with E-state index in [1.165, 1.54) is 5.56 Å². The summed E-state index contributed by atoms with van der Waals surface area (Å²) in [4.78, 5) is 4.50. The SMILES string of the molecule is CCNC(=NCc1ccco1)NCCCc1ccc(Cl)cc1. The average Bonchev–Trinajstić information content (AvgIpc) is 3.04. The molecule has 2 rings (SSSR count). The van der Waals surface area contributed by atoms with Crippen LogP contribution in [-0.4, -0.2) is 19.0 Å². The van der Waals surface area contributed by atoms with Crippen LogP contribution >= 0.6 is 11.6 Å². The summed E-state index contributed by atoms with van der Waals surface area (Å²) in [5, 5.41) is 7.35. The van der Waals surface area contributed by atoms with Crippen molar-refractivity contribution in [3.05, 3.63) is 59.0 Å². The maximum Gasteiger partial charge on any atom is 0.191 e. The highest BCUT2D eigenvalue weighted by Gasteiger charge is 1.99. The van der Waals surface area contributed by atoms with E-state index in [9.17, 15) is 0 Å². The molecule has 4 nitrogen and oxygen atoms in total. The van der Waals surface area contributed by atoms with Gasteiger partial charge in [0.15, 0.2) is 5.96 Å². The maximum atomic E-state index is 5.88. The Kier molecular flexibility index (Phi) is 6.84. The molecule has 2 aromatic rings. The van der Waals surface area contributed by atoms with Crippen LogP contribution in [0.25, 0.3) is 0 Å². The summed E-state index contributed by atoms with van der Waals surface area (Å²) in [5.74, 6) is 1.67. The van der Waals surface area contributed by atoms with Gasteiger partial charge < -0.3 is 15.1 Å². The van der Waals surface area contributed by atoms with Crippen LogP contribution < -0.4 is 10.6 Å². The Morgan fingerprint density at radius 1 is 1.18 bits per heavy atom. The number of hydrogen-bond donors (Lipinski definition) is 2. The summed E-state index contributed by atoms with van der Waals surface area (Å²) in [6.45, 7) is 4.30. The lowest BCUT2D eigenvalue weighted by Crippen LogP contribution is -2.37. The minimum absolute atomic E-state index is 0.541. The molecule has 0 unspecified atom stereocenters. The number of nitrogens with one attached hydrogen (secondary N) is 2. The van der Waals surface area contributed by atoms with Gasteiger partial charge >= 0.3 is 0 Å². The van der Waals surface area contributed by atoms with Gasteiger partial charge in [0, 0.05) is 18.1 Å². The van der Waals surface area contributed by atoms with Crippen LogP contribution in [0.5, 0.6) is 0 Å². The molecule has 1 aromatic carbocycles. The standard InChI is InChI=1S/C17H22ClN3O/c1-2-19-17(21-13-16-6-4-12-22-16)20-11-3-5-14-7-9-15(18)10-8-14/h4,6-10,12H,2-3,5,11,13H2,1H3,(H2,19,20,21). The molecule has 0 aliphatic heterocycles. The topological polar surface area (TPSA) is 49.6 Å². The molecular weight excluding hydrogens is 298 g/mol. The third-order valence-electron chi connectivity index (χ3n) is 3.17. The van der Waals surface area contributed by atoms with Crippen molar-refractivity contribution in [3.8, 4) is 0 Å². The summed E-state index contributed by atoms with van der Waals surface area (Å²) in [7, 11) is 0. The minimum Gasteiger partial charge on any atom is -0.467 e. The van der Waals surface area contributed by atoms with Gasteiger partial charge in [-0.05, 0) is 49.6 Å². The van der Waals surface area contributed by atoms with Crippen LogP contribution in [-0.2, 0) is 13.0 Å². The second kappa shape index (κ2) is 9.15. The van der Waals surface area contributed by atoms with E-state index in [0.717, 1.165) is 42.7 Å². The Bertz CT molecular complexity index is 564. The molecule has 0 spiro atoms. The Labute approximate surface area is 136 Å². The van der Waals surface area contributed by atoms with E-state index in [4.69, 9.17) is 16.0 Å². The highest BCUT2D eigenvalue weighted by atomic mass is 35.5. The predicted molar refractivity (Wildman–Crippen MR) is 91.3 cm³/mol. The van der Waals surface area contributed by atoms with Crippen molar-refractivity contribution in [2.24, 2.45) is 4.99 Å². The molecular formula is C17H22ClN3O. The van der Waals surface area contributed by atoms with Gasteiger partial charge in [-0.3, -0.25) is 0 Å². The second-order valence-electron chi connectivity index (χ2n) is 4.93. The van der Waals surface area contributed by atoms with E-state index in [1.807, 2.05) is 24.3 Å². The van der Waals surface area contributed by atoms with Crippen LogP contribution in [0.4, 0.5) is 0 Å². The van der Waals surface area contributed by atoms with Crippen molar-refractivity contribution >= 4 is 17.6 Å². The second-order valence-corrected chi connectivity index (χ2v) is 5.37. The van der Waals surface area contributed by atoms with Gasteiger partial charge in [0.1, 0.15) is 12.3 Å². The van der Waals surface area contributed by atoms with Crippen molar-refractivity contribution < 1.29 is 4.42 Å². The van der Waals surface area contributed by atoms with Crippen LogP contribution in [0.3, 0.4) is 0 Å². The molecule has 1 heterocycles. The number of halogens is 1. The lowest BCUT2D eigenvalue weighted by molar-refractivity contribution is 0.512. The highest BCUT2D eigenvalue weighted by molar-refractivity contribution is 6.30. The predicted octanol–water partition coefficient (Wildman–Crippen LogP) is 3.62. The number of benzene rings is 1. The van der Waals surface area contributed by atoms with Gasteiger partial charge in [-0.15, -0.1) is 0 Å². The number of aliphatic imine (C=N–C) groups is 1. The lowest BCUT2D eigenvalue weighted by Gasteiger charge is -2.11. The molecule has 0 aliphatic rings. The normalized spacial score (nSPS) is 11.5. The number of hydrogen-bond acceptors (Lipinski definition) is 2. The number of furan rings is 1. The molecule has 0 atom stereocenters. The van der Waals surface area contributed by atoms with E-state index in [2.05, 4.69) is 34.7 Å². The van der Waals surface area contributed by atoms with E-state index in [0.29, 0.717) is 6.54 Å². The molecule has 0 radical (unpaired) electrons. The van der Waals surface area contributed by atoms with E-state index < -0.39 is 0 Å². The Morgan fingerprint density at radius 3 is 2.68 bits per heavy atom. The van der Waals surface area contributed by atoms with Crippen LogP contribution in [0.1, 0.15) is 24.7 Å². The molecule has 0 fully saturated rings. The van der Waals surface area contributed by atoms with Crippen molar-refractivity contribution in [1.29, 1.82) is 0 Å². The molecule has 118 valence electrons. The number of nitrogens with zero attached hydrogens (tertiary/aromatic N) is 1. The molecule has 0 saturated carbocycles. The zero-order chi connectivity index (χ0) is 15.6. The van der Waals surface area contributed by atoms with Gasteiger partial charge in [0.05, 0.1) is 6.26 Å². The van der Waals surface area contributed by atoms with Gasteiger partial charge in [-0.2, -0.15) is 0 Å². The van der Waals surface area contributed by atoms with Crippen LogP contribution in [0.15, 0.2) is 52.1 Å². The third kappa shape index (κ3) is 5.82. The summed E-state index contributed by atoms with van der Waals surface area (Å²) in [6.07, 6.45) is 3.71. The minimum atomic E-state index is 0.541. The quantitative estimate of drug-likeness (QED) is 0.465.